The lowest BCUT2D eigenvalue weighted by atomic mass is 9.98. The van der Waals surface area contributed by atoms with Gasteiger partial charge >= 0.3 is 0 Å². The molecule has 0 unspecified atom stereocenters. The number of aromatic nitrogens is 2. The molecule has 2 saturated heterocycles. The summed E-state index contributed by atoms with van der Waals surface area (Å²) in [5.41, 5.74) is 3.94. The fourth-order valence-corrected chi connectivity index (χ4v) is 4.73. The molecule has 0 N–H and O–H groups in total. The standard InChI is InChI=1S/C28H34N4O3/c1-2-6-23(7-3-1)26-9-5-4-8-24(26)22-32-14-10-25(11-15-32)35-28-27(29-12-13-30-28)34-21-18-31-16-19-33-20-17-31/h1-9,12-13,25H,10-11,14-22H2. The Morgan fingerprint density at radius 3 is 2.31 bits per heavy atom. The molecule has 0 radical (unpaired) electrons. The molecule has 0 bridgehead atoms. The van der Waals surface area contributed by atoms with Crippen LogP contribution >= 0.6 is 0 Å². The average Bonchev–Trinajstić information content (AvgIpc) is 2.92. The maximum Gasteiger partial charge on any atom is 0.278 e. The summed E-state index contributed by atoms with van der Waals surface area (Å²) in [5.74, 6) is 0.988. The summed E-state index contributed by atoms with van der Waals surface area (Å²) in [6.07, 6.45) is 5.35. The Balaban J connectivity index is 1.12. The zero-order chi connectivity index (χ0) is 23.7. The fraction of sp³-hybridized carbons (Fsp3) is 0.429. The second-order valence-electron chi connectivity index (χ2n) is 9.09. The Hall–Kier alpha value is -3.00. The molecule has 184 valence electrons. The number of likely N-dealkylation sites (tertiary alicyclic amines) is 1. The molecule has 0 spiro atoms. The van der Waals surface area contributed by atoms with Crippen LogP contribution in [0.5, 0.6) is 11.8 Å². The Morgan fingerprint density at radius 2 is 1.51 bits per heavy atom. The lowest BCUT2D eigenvalue weighted by molar-refractivity contribution is 0.0313. The van der Waals surface area contributed by atoms with E-state index < -0.39 is 0 Å². The van der Waals surface area contributed by atoms with Crippen LogP contribution in [0.1, 0.15) is 18.4 Å². The molecular weight excluding hydrogens is 440 g/mol. The van der Waals surface area contributed by atoms with Gasteiger partial charge in [-0.3, -0.25) is 9.80 Å². The minimum Gasteiger partial charge on any atom is -0.472 e. The van der Waals surface area contributed by atoms with E-state index in [9.17, 15) is 0 Å². The van der Waals surface area contributed by atoms with Crippen molar-refractivity contribution in [2.75, 3.05) is 52.5 Å². The summed E-state index contributed by atoms with van der Waals surface area (Å²) in [7, 11) is 0. The van der Waals surface area contributed by atoms with Gasteiger partial charge in [0.15, 0.2) is 0 Å². The highest BCUT2D eigenvalue weighted by atomic mass is 16.5. The van der Waals surface area contributed by atoms with Crippen molar-refractivity contribution in [3.8, 4) is 22.9 Å². The first-order valence-electron chi connectivity index (χ1n) is 12.6. The first-order valence-corrected chi connectivity index (χ1v) is 12.6. The molecule has 0 amide bonds. The van der Waals surface area contributed by atoms with Crippen molar-refractivity contribution >= 4 is 0 Å². The third-order valence-electron chi connectivity index (χ3n) is 6.69. The van der Waals surface area contributed by atoms with Crippen molar-refractivity contribution in [2.45, 2.75) is 25.5 Å². The largest absolute Gasteiger partial charge is 0.472 e. The quantitative estimate of drug-likeness (QED) is 0.466. The molecule has 0 saturated carbocycles. The van der Waals surface area contributed by atoms with E-state index >= 15 is 0 Å². The van der Waals surface area contributed by atoms with Gasteiger partial charge < -0.3 is 14.2 Å². The number of hydrogen-bond acceptors (Lipinski definition) is 7. The van der Waals surface area contributed by atoms with Crippen LogP contribution in [0.15, 0.2) is 67.0 Å². The molecule has 0 atom stereocenters. The van der Waals surface area contributed by atoms with Gasteiger partial charge in [0.2, 0.25) is 0 Å². The summed E-state index contributed by atoms with van der Waals surface area (Å²) in [5, 5.41) is 0. The number of piperidine rings is 1. The van der Waals surface area contributed by atoms with Crippen LogP contribution in [-0.2, 0) is 11.3 Å². The predicted octanol–water partition coefficient (Wildman–Crippen LogP) is 3.90. The van der Waals surface area contributed by atoms with Crippen LogP contribution < -0.4 is 9.47 Å². The smallest absolute Gasteiger partial charge is 0.278 e. The van der Waals surface area contributed by atoms with E-state index in [4.69, 9.17) is 14.2 Å². The maximum atomic E-state index is 6.26. The van der Waals surface area contributed by atoms with Crippen molar-refractivity contribution in [1.29, 1.82) is 0 Å². The van der Waals surface area contributed by atoms with E-state index in [-0.39, 0.29) is 6.10 Å². The summed E-state index contributed by atoms with van der Waals surface area (Å²) in [6, 6.07) is 19.3. The van der Waals surface area contributed by atoms with Crippen LogP contribution in [-0.4, -0.2) is 78.4 Å². The number of ether oxygens (including phenoxy) is 3. The van der Waals surface area contributed by atoms with Gasteiger partial charge in [-0.2, -0.15) is 0 Å². The third kappa shape index (κ3) is 6.57. The molecule has 7 nitrogen and oxygen atoms in total. The van der Waals surface area contributed by atoms with E-state index in [0.29, 0.717) is 18.4 Å². The molecule has 2 aromatic carbocycles. The topological polar surface area (TPSA) is 60.0 Å². The zero-order valence-electron chi connectivity index (χ0n) is 20.2. The minimum absolute atomic E-state index is 0.119. The highest BCUT2D eigenvalue weighted by Gasteiger charge is 2.23. The van der Waals surface area contributed by atoms with Crippen LogP contribution in [0.4, 0.5) is 0 Å². The average molecular weight is 475 g/mol. The number of morpholine rings is 1. The van der Waals surface area contributed by atoms with Gasteiger partial charge in [-0.15, -0.1) is 0 Å². The highest BCUT2D eigenvalue weighted by molar-refractivity contribution is 5.67. The van der Waals surface area contributed by atoms with E-state index in [1.165, 1.54) is 16.7 Å². The Kier molecular flexibility index (Phi) is 8.21. The van der Waals surface area contributed by atoms with Gasteiger partial charge in [-0.05, 0) is 29.5 Å². The lowest BCUT2D eigenvalue weighted by Crippen LogP contribution is -2.39. The maximum absolute atomic E-state index is 6.26. The van der Waals surface area contributed by atoms with Gasteiger partial charge in [0.05, 0.1) is 13.2 Å². The van der Waals surface area contributed by atoms with Crippen LogP contribution in [0.25, 0.3) is 11.1 Å². The molecule has 0 aliphatic carbocycles. The molecule has 3 heterocycles. The van der Waals surface area contributed by atoms with E-state index in [0.717, 1.165) is 65.3 Å². The molecule has 5 rings (SSSR count). The van der Waals surface area contributed by atoms with Crippen LogP contribution in [0, 0.1) is 0 Å². The van der Waals surface area contributed by atoms with Gasteiger partial charge in [0.25, 0.3) is 11.8 Å². The summed E-state index contributed by atoms with van der Waals surface area (Å²) in [6.45, 7) is 7.80. The van der Waals surface area contributed by atoms with Gasteiger partial charge in [-0.25, -0.2) is 9.97 Å². The molecule has 2 aliphatic rings. The van der Waals surface area contributed by atoms with Crippen LogP contribution in [0.2, 0.25) is 0 Å². The predicted molar refractivity (Wildman–Crippen MR) is 136 cm³/mol. The van der Waals surface area contributed by atoms with Crippen molar-refractivity contribution in [3.63, 3.8) is 0 Å². The number of hydrogen-bond donors (Lipinski definition) is 0. The van der Waals surface area contributed by atoms with Gasteiger partial charge in [0, 0.05) is 51.7 Å². The molecule has 3 aromatic rings. The molecule has 35 heavy (non-hydrogen) atoms. The molecule has 2 aliphatic heterocycles. The summed E-state index contributed by atoms with van der Waals surface area (Å²) >= 11 is 0. The number of rotatable bonds is 9. The fourth-order valence-electron chi connectivity index (χ4n) is 4.73. The second-order valence-corrected chi connectivity index (χ2v) is 9.09. The SMILES string of the molecule is c1ccc(-c2ccccc2CN2CCC(Oc3nccnc3OCCN3CCOCC3)CC2)cc1. The first kappa shape index (κ1) is 23.7. The number of nitrogens with zero attached hydrogens (tertiary/aromatic N) is 4. The first-order chi connectivity index (χ1) is 17.3. The van der Waals surface area contributed by atoms with Crippen molar-refractivity contribution in [3.05, 3.63) is 72.6 Å². The highest BCUT2D eigenvalue weighted by Crippen LogP contribution is 2.28. The molecule has 2 fully saturated rings. The lowest BCUT2D eigenvalue weighted by Gasteiger charge is -2.32. The summed E-state index contributed by atoms with van der Waals surface area (Å²) < 4.78 is 17.6. The van der Waals surface area contributed by atoms with Crippen LogP contribution in [0.3, 0.4) is 0 Å². The second kappa shape index (κ2) is 12.1. The monoisotopic (exact) mass is 474 g/mol. The van der Waals surface area contributed by atoms with Crippen molar-refractivity contribution in [1.82, 2.24) is 19.8 Å². The Labute approximate surface area is 207 Å². The van der Waals surface area contributed by atoms with Gasteiger partial charge in [-0.1, -0.05) is 54.6 Å². The van der Waals surface area contributed by atoms with E-state index in [2.05, 4.69) is 74.4 Å². The normalized spacial score (nSPS) is 17.8. The number of benzene rings is 2. The Morgan fingerprint density at radius 1 is 0.800 bits per heavy atom. The van der Waals surface area contributed by atoms with Crippen molar-refractivity contribution in [2.24, 2.45) is 0 Å². The van der Waals surface area contributed by atoms with Gasteiger partial charge in [0.1, 0.15) is 12.7 Å². The summed E-state index contributed by atoms with van der Waals surface area (Å²) in [4.78, 5) is 13.6. The molecular formula is C28H34N4O3. The molecule has 1 aromatic heterocycles. The van der Waals surface area contributed by atoms with E-state index in [1.807, 2.05) is 0 Å². The van der Waals surface area contributed by atoms with Crippen molar-refractivity contribution < 1.29 is 14.2 Å². The Bertz CT molecular complexity index is 1050. The minimum atomic E-state index is 0.119. The van der Waals surface area contributed by atoms with E-state index in [1.54, 1.807) is 12.4 Å². The zero-order valence-corrected chi connectivity index (χ0v) is 20.2. The molecule has 7 heteroatoms. The third-order valence-corrected chi connectivity index (χ3v) is 6.69.